The Balaban J connectivity index is 1.68. The molecule has 1 fully saturated rings. The van der Waals surface area contributed by atoms with Crippen LogP contribution in [0.2, 0.25) is 0 Å². The molecule has 5 heteroatoms. The topological polar surface area (TPSA) is 54.2 Å². The van der Waals surface area contributed by atoms with Crippen molar-refractivity contribution in [1.82, 2.24) is 19.7 Å². The van der Waals surface area contributed by atoms with Gasteiger partial charge in [0.15, 0.2) is 5.82 Å². The van der Waals surface area contributed by atoms with Crippen LogP contribution in [0.4, 0.5) is 0 Å². The summed E-state index contributed by atoms with van der Waals surface area (Å²) in [6.07, 6.45) is 4.03. The van der Waals surface area contributed by atoms with E-state index in [4.69, 9.17) is 0 Å². The Morgan fingerprint density at radius 2 is 2.10 bits per heavy atom. The van der Waals surface area contributed by atoms with Crippen LogP contribution in [0.5, 0.6) is 0 Å². The zero-order valence-corrected chi connectivity index (χ0v) is 11.5. The Bertz CT molecular complexity index is 540. The molecular formula is C15H20N4O. The lowest BCUT2D eigenvalue weighted by Crippen LogP contribution is -2.36. The lowest BCUT2D eigenvalue weighted by atomic mass is 10.0. The van der Waals surface area contributed by atoms with Gasteiger partial charge in [-0.15, -0.1) is 10.2 Å². The standard InChI is InChI=1S/C15H20N4O/c20-11-15-17-16-12-19(15)14-7-4-8-18(10-14)9-13-5-2-1-3-6-13/h1-3,5-6,12,14,20H,4,7-11H2. The molecule has 1 aromatic carbocycles. The maximum Gasteiger partial charge on any atom is 0.158 e. The summed E-state index contributed by atoms with van der Waals surface area (Å²) in [7, 11) is 0. The first-order valence-electron chi connectivity index (χ1n) is 7.12. The van der Waals surface area contributed by atoms with Crippen LogP contribution in [-0.2, 0) is 13.2 Å². The molecule has 3 rings (SSSR count). The molecule has 0 spiro atoms. The molecule has 1 N–H and O–H groups in total. The Morgan fingerprint density at radius 3 is 2.90 bits per heavy atom. The van der Waals surface area contributed by atoms with Crippen LogP contribution in [-0.4, -0.2) is 37.9 Å². The number of aliphatic hydroxyl groups excluding tert-OH is 1. The van der Waals surface area contributed by atoms with Gasteiger partial charge in [0, 0.05) is 19.1 Å². The van der Waals surface area contributed by atoms with Crippen LogP contribution in [0.15, 0.2) is 36.7 Å². The molecular weight excluding hydrogens is 252 g/mol. The minimum Gasteiger partial charge on any atom is -0.388 e. The molecule has 106 valence electrons. The number of rotatable bonds is 4. The van der Waals surface area contributed by atoms with Crippen molar-refractivity contribution >= 4 is 0 Å². The van der Waals surface area contributed by atoms with Gasteiger partial charge < -0.3 is 9.67 Å². The summed E-state index contributed by atoms with van der Waals surface area (Å²) in [6, 6.07) is 10.9. The van der Waals surface area contributed by atoms with Crippen molar-refractivity contribution in [3.05, 3.63) is 48.0 Å². The van der Waals surface area contributed by atoms with Crippen LogP contribution in [0.25, 0.3) is 0 Å². The van der Waals surface area contributed by atoms with Crippen molar-refractivity contribution < 1.29 is 5.11 Å². The van der Waals surface area contributed by atoms with E-state index in [1.807, 2.05) is 10.6 Å². The Kier molecular flexibility index (Phi) is 4.08. The highest BCUT2D eigenvalue weighted by atomic mass is 16.3. The zero-order chi connectivity index (χ0) is 13.8. The number of benzene rings is 1. The molecule has 1 aliphatic rings. The molecule has 0 saturated carbocycles. The van der Waals surface area contributed by atoms with Crippen molar-refractivity contribution in [3.63, 3.8) is 0 Å². The molecule has 0 bridgehead atoms. The average molecular weight is 272 g/mol. The molecule has 1 atom stereocenters. The first-order chi connectivity index (χ1) is 9.86. The summed E-state index contributed by atoms with van der Waals surface area (Å²) in [5, 5.41) is 17.2. The van der Waals surface area contributed by atoms with Gasteiger partial charge in [-0.1, -0.05) is 30.3 Å². The van der Waals surface area contributed by atoms with Crippen molar-refractivity contribution in [2.24, 2.45) is 0 Å². The predicted molar refractivity (Wildman–Crippen MR) is 75.9 cm³/mol. The van der Waals surface area contributed by atoms with E-state index in [1.165, 1.54) is 12.0 Å². The monoisotopic (exact) mass is 272 g/mol. The molecule has 1 aliphatic heterocycles. The fourth-order valence-corrected chi connectivity index (χ4v) is 2.93. The van der Waals surface area contributed by atoms with Gasteiger partial charge in [-0.25, -0.2) is 0 Å². The highest BCUT2D eigenvalue weighted by Gasteiger charge is 2.23. The maximum atomic E-state index is 9.30. The number of likely N-dealkylation sites (tertiary alicyclic amines) is 1. The third kappa shape index (κ3) is 2.89. The lowest BCUT2D eigenvalue weighted by Gasteiger charge is -2.33. The van der Waals surface area contributed by atoms with Gasteiger partial charge in [0.1, 0.15) is 12.9 Å². The summed E-state index contributed by atoms with van der Waals surface area (Å²) < 4.78 is 2.02. The SMILES string of the molecule is OCc1nncn1C1CCCN(Cc2ccccc2)C1. The number of aliphatic hydroxyl groups is 1. The quantitative estimate of drug-likeness (QED) is 0.918. The van der Waals surface area contributed by atoms with E-state index < -0.39 is 0 Å². The summed E-state index contributed by atoms with van der Waals surface area (Å²) in [4.78, 5) is 2.46. The number of piperidine rings is 1. The van der Waals surface area contributed by atoms with Crippen LogP contribution < -0.4 is 0 Å². The largest absolute Gasteiger partial charge is 0.388 e. The predicted octanol–water partition coefficient (Wildman–Crippen LogP) is 1.61. The first kappa shape index (κ1) is 13.3. The second-order valence-corrected chi connectivity index (χ2v) is 5.33. The van der Waals surface area contributed by atoms with Gasteiger partial charge >= 0.3 is 0 Å². The third-order valence-corrected chi connectivity index (χ3v) is 3.91. The van der Waals surface area contributed by atoms with Crippen molar-refractivity contribution in [2.45, 2.75) is 32.0 Å². The van der Waals surface area contributed by atoms with Gasteiger partial charge in [-0.05, 0) is 24.9 Å². The van der Waals surface area contributed by atoms with Crippen molar-refractivity contribution in [3.8, 4) is 0 Å². The fourth-order valence-electron chi connectivity index (χ4n) is 2.93. The Morgan fingerprint density at radius 1 is 1.25 bits per heavy atom. The molecule has 1 unspecified atom stereocenters. The molecule has 5 nitrogen and oxygen atoms in total. The van der Waals surface area contributed by atoms with E-state index in [1.54, 1.807) is 6.33 Å². The van der Waals surface area contributed by atoms with Crippen LogP contribution in [0.3, 0.4) is 0 Å². The number of hydrogen-bond donors (Lipinski definition) is 1. The highest BCUT2D eigenvalue weighted by Crippen LogP contribution is 2.23. The Hall–Kier alpha value is -1.72. The fraction of sp³-hybridized carbons (Fsp3) is 0.467. The number of hydrogen-bond acceptors (Lipinski definition) is 4. The lowest BCUT2D eigenvalue weighted by molar-refractivity contribution is 0.163. The number of aromatic nitrogens is 3. The molecule has 0 amide bonds. The zero-order valence-electron chi connectivity index (χ0n) is 11.5. The highest BCUT2D eigenvalue weighted by molar-refractivity contribution is 5.14. The van der Waals surface area contributed by atoms with Crippen LogP contribution >= 0.6 is 0 Å². The molecule has 1 aromatic heterocycles. The Labute approximate surface area is 118 Å². The third-order valence-electron chi connectivity index (χ3n) is 3.91. The molecule has 20 heavy (non-hydrogen) atoms. The van der Waals surface area contributed by atoms with Crippen LogP contribution in [0, 0.1) is 0 Å². The molecule has 2 heterocycles. The number of nitrogens with zero attached hydrogens (tertiary/aromatic N) is 4. The van der Waals surface area contributed by atoms with Gasteiger partial charge in [0.2, 0.25) is 0 Å². The molecule has 2 aromatic rings. The minimum absolute atomic E-state index is 0.0464. The molecule has 0 radical (unpaired) electrons. The molecule has 1 saturated heterocycles. The normalized spacial score (nSPS) is 20.1. The van der Waals surface area contributed by atoms with E-state index in [2.05, 4.69) is 39.4 Å². The first-order valence-corrected chi connectivity index (χ1v) is 7.12. The molecule has 0 aliphatic carbocycles. The van der Waals surface area contributed by atoms with Crippen molar-refractivity contribution in [1.29, 1.82) is 0 Å². The second kappa shape index (κ2) is 6.15. The van der Waals surface area contributed by atoms with E-state index >= 15 is 0 Å². The van der Waals surface area contributed by atoms with Gasteiger partial charge in [0.25, 0.3) is 0 Å². The van der Waals surface area contributed by atoms with Crippen LogP contribution in [0.1, 0.15) is 30.3 Å². The minimum atomic E-state index is -0.0464. The van der Waals surface area contributed by atoms with E-state index in [0.717, 1.165) is 26.1 Å². The summed E-state index contributed by atoms with van der Waals surface area (Å²) in [5.41, 5.74) is 1.35. The van der Waals surface area contributed by atoms with E-state index in [9.17, 15) is 5.11 Å². The van der Waals surface area contributed by atoms with Crippen molar-refractivity contribution in [2.75, 3.05) is 13.1 Å². The summed E-state index contributed by atoms with van der Waals surface area (Å²) >= 11 is 0. The van der Waals surface area contributed by atoms with Gasteiger partial charge in [-0.3, -0.25) is 4.90 Å². The van der Waals surface area contributed by atoms with Gasteiger partial charge in [0.05, 0.1) is 0 Å². The summed E-state index contributed by atoms with van der Waals surface area (Å²) in [5.74, 6) is 0.663. The smallest absolute Gasteiger partial charge is 0.158 e. The van der Waals surface area contributed by atoms with E-state index in [-0.39, 0.29) is 6.61 Å². The van der Waals surface area contributed by atoms with E-state index in [0.29, 0.717) is 11.9 Å². The summed E-state index contributed by atoms with van der Waals surface area (Å²) in [6.45, 7) is 3.05. The van der Waals surface area contributed by atoms with Gasteiger partial charge in [-0.2, -0.15) is 0 Å². The maximum absolute atomic E-state index is 9.30. The second-order valence-electron chi connectivity index (χ2n) is 5.33. The average Bonchev–Trinajstić information content (AvgIpc) is 2.97.